The van der Waals surface area contributed by atoms with E-state index in [0.717, 1.165) is 11.1 Å². The van der Waals surface area contributed by atoms with Crippen molar-refractivity contribution in [1.29, 1.82) is 0 Å². The van der Waals surface area contributed by atoms with Crippen molar-refractivity contribution in [2.45, 2.75) is 19.6 Å². The smallest absolute Gasteiger partial charge is 0.0969 e. The molecule has 1 heterocycles. The third-order valence-corrected chi connectivity index (χ3v) is 2.37. The SMILES string of the molecule is Cc1cccc(C(O)Cn2ccnc2)c1. The lowest BCUT2D eigenvalue weighted by molar-refractivity contribution is 0.156. The number of nitrogens with zero attached hydrogens (tertiary/aromatic N) is 2. The Bertz CT molecular complexity index is 423. The fraction of sp³-hybridized carbons (Fsp3) is 0.250. The Morgan fingerprint density at radius 2 is 2.33 bits per heavy atom. The van der Waals surface area contributed by atoms with Gasteiger partial charge in [-0.1, -0.05) is 29.8 Å². The van der Waals surface area contributed by atoms with Gasteiger partial charge in [-0.15, -0.1) is 0 Å². The first kappa shape index (κ1) is 9.93. The van der Waals surface area contributed by atoms with Gasteiger partial charge in [-0.3, -0.25) is 0 Å². The Morgan fingerprint density at radius 3 is 3.00 bits per heavy atom. The van der Waals surface area contributed by atoms with Gasteiger partial charge in [0, 0.05) is 12.4 Å². The van der Waals surface area contributed by atoms with Gasteiger partial charge < -0.3 is 9.67 Å². The molecule has 0 amide bonds. The summed E-state index contributed by atoms with van der Waals surface area (Å²) < 4.78 is 1.87. The quantitative estimate of drug-likeness (QED) is 0.825. The number of benzene rings is 1. The van der Waals surface area contributed by atoms with Gasteiger partial charge >= 0.3 is 0 Å². The largest absolute Gasteiger partial charge is 0.387 e. The average molecular weight is 202 g/mol. The molecule has 2 aromatic rings. The number of aryl methyl sites for hydroxylation is 1. The minimum atomic E-state index is -0.473. The Morgan fingerprint density at radius 1 is 1.47 bits per heavy atom. The highest BCUT2D eigenvalue weighted by atomic mass is 16.3. The molecule has 0 aliphatic carbocycles. The van der Waals surface area contributed by atoms with Gasteiger partial charge in [0.2, 0.25) is 0 Å². The maximum Gasteiger partial charge on any atom is 0.0969 e. The summed E-state index contributed by atoms with van der Waals surface area (Å²) in [6, 6.07) is 7.92. The Labute approximate surface area is 89.0 Å². The van der Waals surface area contributed by atoms with Gasteiger partial charge in [0.15, 0.2) is 0 Å². The highest BCUT2D eigenvalue weighted by molar-refractivity contribution is 5.23. The third-order valence-electron chi connectivity index (χ3n) is 2.37. The monoisotopic (exact) mass is 202 g/mol. The number of aliphatic hydroxyl groups is 1. The fourth-order valence-corrected chi connectivity index (χ4v) is 1.58. The maximum atomic E-state index is 9.97. The first-order valence-corrected chi connectivity index (χ1v) is 4.96. The second-order valence-corrected chi connectivity index (χ2v) is 3.69. The van der Waals surface area contributed by atoms with Crippen LogP contribution in [0.2, 0.25) is 0 Å². The van der Waals surface area contributed by atoms with E-state index in [1.54, 1.807) is 12.5 Å². The molecule has 2 rings (SSSR count). The zero-order chi connectivity index (χ0) is 10.7. The molecule has 1 unspecified atom stereocenters. The van der Waals surface area contributed by atoms with Gasteiger partial charge in [-0.05, 0) is 12.5 Å². The molecule has 0 bridgehead atoms. The van der Waals surface area contributed by atoms with E-state index >= 15 is 0 Å². The van der Waals surface area contributed by atoms with E-state index in [9.17, 15) is 5.11 Å². The highest BCUT2D eigenvalue weighted by Crippen LogP contribution is 2.15. The summed E-state index contributed by atoms with van der Waals surface area (Å²) in [5.41, 5.74) is 2.11. The average Bonchev–Trinajstić information content (AvgIpc) is 2.70. The molecule has 78 valence electrons. The molecule has 1 N–H and O–H groups in total. The van der Waals surface area contributed by atoms with Crippen LogP contribution in [0.5, 0.6) is 0 Å². The van der Waals surface area contributed by atoms with Crippen molar-refractivity contribution in [3.8, 4) is 0 Å². The second kappa shape index (κ2) is 4.28. The van der Waals surface area contributed by atoms with E-state index in [4.69, 9.17) is 0 Å². The normalized spacial score (nSPS) is 12.7. The number of rotatable bonds is 3. The summed E-state index contributed by atoms with van der Waals surface area (Å²) in [6.07, 6.45) is 4.79. The first-order valence-electron chi connectivity index (χ1n) is 4.96. The van der Waals surface area contributed by atoms with Crippen LogP contribution in [0.1, 0.15) is 17.2 Å². The molecule has 1 atom stereocenters. The topological polar surface area (TPSA) is 38.0 Å². The molecule has 0 aliphatic rings. The van der Waals surface area contributed by atoms with E-state index in [0.29, 0.717) is 6.54 Å². The van der Waals surface area contributed by atoms with E-state index in [1.165, 1.54) is 0 Å². The summed E-state index contributed by atoms with van der Waals surface area (Å²) in [4.78, 5) is 3.94. The molecular formula is C12H14N2O. The molecule has 0 saturated carbocycles. The molecule has 3 heteroatoms. The van der Waals surface area contributed by atoms with Crippen LogP contribution in [-0.2, 0) is 6.54 Å². The number of hydrogen-bond acceptors (Lipinski definition) is 2. The second-order valence-electron chi connectivity index (χ2n) is 3.69. The van der Waals surface area contributed by atoms with Crippen molar-refractivity contribution in [3.63, 3.8) is 0 Å². The van der Waals surface area contributed by atoms with Crippen molar-refractivity contribution in [2.24, 2.45) is 0 Å². The van der Waals surface area contributed by atoms with Crippen LogP contribution in [0.3, 0.4) is 0 Å². The fourth-order valence-electron chi connectivity index (χ4n) is 1.58. The van der Waals surface area contributed by atoms with E-state index in [-0.39, 0.29) is 0 Å². The summed E-state index contributed by atoms with van der Waals surface area (Å²) in [7, 11) is 0. The number of aromatic nitrogens is 2. The molecule has 3 nitrogen and oxygen atoms in total. The van der Waals surface area contributed by atoms with Crippen LogP contribution < -0.4 is 0 Å². The van der Waals surface area contributed by atoms with Crippen LogP contribution >= 0.6 is 0 Å². The Kier molecular flexibility index (Phi) is 2.83. The molecule has 0 aliphatic heterocycles. The molecule has 0 radical (unpaired) electrons. The minimum Gasteiger partial charge on any atom is -0.387 e. The van der Waals surface area contributed by atoms with Crippen LogP contribution in [0.4, 0.5) is 0 Å². The Hall–Kier alpha value is -1.61. The highest BCUT2D eigenvalue weighted by Gasteiger charge is 2.07. The zero-order valence-electron chi connectivity index (χ0n) is 8.67. The molecule has 1 aromatic carbocycles. The van der Waals surface area contributed by atoms with Gasteiger partial charge in [-0.25, -0.2) is 4.98 Å². The van der Waals surface area contributed by atoms with E-state index < -0.39 is 6.10 Å². The van der Waals surface area contributed by atoms with Crippen molar-refractivity contribution in [3.05, 3.63) is 54.1 Å². The first-order chi connectivity index (χ1) is 7.25. The molecule has 0 fully saturated rings. The lowest BCUT2D eigenvalue weighted by atomic mass is 10.1. The molecular weight excluding hydrogens is 188 g/mol. The maximum absolute atomic E-state index is 9.97. The summed E-state index contributed by atoms with van der Waals surface area (Å²) in [5, 5.41) is 9.97. The van der Waals surface area contributed by atoms with Crippen molar-refractivity contribution < 1.29 is 5.11 Å². The van der Waals surface area contributed by atoms with Crippen LogP contribution in [0.15, 0.2) is 43.0 Å². The summed E-state index contributed by atoms with van der Waals surface area (Å²) >= 11 is 0. The third kappa shape index (κ3) is 2.44. The number of aliphatic hydroxyl groups excluding tert-OH is 1. The summed E-state index contributed by atoms with van der Waals surface area (Å²) in [5.74, 6) is 0. The van der Waals surface area contributed by atoms with Gasteiger partial charge in [0.1, 0.15) is 0 Å². The van der Waals surface area contributed by atoms with Crippen LogP contribution in [-0.4, -0.2) is 14.7 Å². The van der Waals surface area contributed by atoms with Crippen molar-refractivity contribution in [1.82, 2.24) is 9.55 Å². The number of imidazole rings is 1. The standard InChI is InChI=1S/C12H14N2O/c1-10-3-2-4-11(7-10)12(15)8-14-6-5-13-9-14/h2-7,9,12,15H,8H2,1H3. The lowest BCUT2D eigenvalue weighted by Crippen LogP contribution is -2.07. The van der Waals surface area contributed by atoms with Gasteiger partial charge in [0.25, 0.3) is 0 Å². The predicted molar refractivity (Wildman–Crippen MR) is 58.4 cm³/mol. The van der Waals surface area contributed by atoms with Crippen LogP contribution in [0, 0.1) is 6.92 Å². The van der Waals surface area contributed by atoms with E-state index in [2.05, 4.69) is 4.98 Å². The van der Waals surface area contributed by atoms with Crippen molar-refractivity contribution in [2.75, 3.05) is 0 Å². The number of hydrogen-bond donors (Lipinski definition) is 1. The molecule has 0 spiro atoms. The molecule has 0 saturated heterocycles. The minimum absolute atomic E-state index is 0.473. The lowest BCUT2D eigenvalue weighted by Gasteiger charge is -2.11. The molecule has 15 heavy (non-hydrogen) atoms. The van der Waals surface area contributed by atoms with Gasteiger partial charge in [0.05, 0.1) is 19.0 Å². The zero-order valence-corrected chi connectivity index (χ0v) is 8.67. The summed E-state index contributed by atoms with van der Waals surface area (Å²) in [6.45, 7) is 2.57. The molecule has 1 aromatic heterocycles. The Balaban J connectivity index is 2.11. The van der Waals surface area contributed by atoms with Crippen LogP contribution in [0.25, 0.3) is 0 Å². The van der Waals surface area contributed by atoms with E-state index in [1.807, 2.05) is 42.0 Å². The van der Waals surface area contributed by atoms with Gasteiger partial charge in [-0.2, -0.15) is 0 Å². The van der Waals surface area contributed by atoms with Crippen molar-refractivity contribution >= 4 is 0 Å². The predicted octanol–water partition coefficient (Wildman–Crippen LogP) is 1.93.